The van der Waals surface area contributed by atoms with Crippen LogP contribution in [0.1, 0.15) is 18.9 Å². The van der Waals surface area contributed by atoms with E-state index in [1.54, 1.807) is 6.26 Å². The Morgan fingerprint density at radius 1 is 1.31 bits per heavy atom. The van der Waals surface area contributed by atoms with E-state index in [4.69, 9.17) is 9.47 Å². The largest absolute Gasteiger partial charge is 0.502 e. The zero-order valence-electron chi connectivity index (χ0n) is 9.69. The molecule has 0 aliphatic carbocycles. The van der Waals surface area contributed by atoms with Gasteiger partial charge in [0.2, 0.25) is 0 Å². The van der Waals surface area contributed by atoms with E-state index in [-0.39, 0.29) is 5.41 Å². The Morgan fingerprint density at radius 2 is 2.06 bits per heavy atom. The summed E-state index contributed by atoms with van der Waals surface area (Å²) in [5.74, 6) is 0. The van der Waals surface area contributed by atoms with E-state index in [1.807, 2.05) is 19.1 Å². The molecule has 0 spiro atoms. The van der Waals surface area contributed by atoms with Crippen LogP contribution < -0.4 is 0 Å². The normalized spacial score (nSPS) is 18.3. The van der Waals surface area contributed by atoms with Gasteiger partial charge < -0.3 is 9.47 Å². The molecule has 0 radical (unpaired) electrons. The van der Waals surface area contributed by atoms with Crippen molar-refractivity contribution >= 4 is 0 Å². The van der Waals surface area contributed by atoms with Crippen molar-refractivity contribution in [3.63, 3.8) is 0 Å². The number of hydrogen-bond donors (Lipinski definition) is 0. The van der Waals surface area contributed by atoms with Gasteiger partial charge >= 0.3 is 0 Å². The lowest BCUT2D eigenvalue weighted by Gasteiger charge is -2.41. The first-order valence-electron chi connectivity index (χ1n) is 5.73. The second-order valence-electron chi connectivity index (χ2n) is 4.23. The highest BCUT2D eigenvalue weighted by atomic mass is 16.5. The molecule has 1 aliphatic heterocycles. The molecule has 1 aromatic carbocycles. The molecule has 0 saturated carbocycles. The van der Waals surface area contributed by atoms with Gasteiger partial charge in [-0.1, -0.05) is 36.4 Å². The van der Waals surface area contributed by atoms with Gasteiger partial charge in [-0.25, -0.2) is 0 Å². The quantitative estimate of drug-likeness (QED) is 0.559. The average molecular weight is 218 g/mol. The van der Waals surface area contributed by atoms with E-state index in [1.165, 1.54) is 5.56 Å². The van der Waals surface area contributed by atoms with Crippen molar-refractivity contribution in [3.05, 3.63) is 48.2 Å². The van der Waals surface area contributed by atoms with E-state index in [0.29, 0.717) is 0 Å². The van der Waals surface area contributed by atoms with E-state index in [2.05, 4.69) is 24.3 Å². The minimum absolute atomic E-state index is 0.183. The second-order valence-corrected chi connectivity index (χ2v) is 4.23. The topological polar surface area (TPSA) is 18.5 Å². The molecule has 0 amide bonds. The molecular weight excluding hydrogens is 200 g/mol. The molecule has 0 atom stereocenters. The van der Waals surface area contributed by atoms with Crippen LogP contribution in [-0.4, -0.2) is 19.8 Å². The highest BCUT2D eigenvalue weighted by molar-refractivity contribution is 5.27. The Balaban J connectivity index is 1.97. The standard InChI is InChI=1S/C14H18O2/c1-2-9-15-10-8-14(11-16-12-14)13-6-4-3-5-7-13/h2-7,9H,8,10-12H2,1H3. The molecule has 1 aliphatic rings. The van der Waals surface area contributed by atoms with Crippen LogP contribution in [-0.2, 0) is 14.9 Å². The van der Waals surface area contributed by atoms with Crippen LogP contribution in [0.3, 0.4) is 0 Å². The van der Waals surface area contributed by atoms with Gasteiger partial charge in [-0.15, -0.1) is 0 Å². The molecule has 2 nitrogen and oxygen atoms in total. The first kappa shape index (κ1) is 11.2. The van der Waals surface area contributed by atoms with Crippen LogP contribution in [0.4, 0.5) is 0 Å². The van der Waals surface area contributed by atoms with Crippen LogP contribution in [0.15, 0.2) is 42.7 Å². The predicted molar refractivity (Wildman–Crippen MR) is 64.3 cm³/mol. The number of allylic oxidation sites excluding steroid dienone is 1. The fourth-order valence-corrected chi connectivity index (χ4v) is 2.01. The molecule has 16 heavy (non-hydrogen) atoms. The van der Waals surface area contributed by atoms with Crippen LogP contribution in [0, 0.1) is 0 Å². The summed E-state index contributed by atoms with van der Waals surface area (Å²) in [4.78, 5) is 0. The summed E-state index contributed by atoms with van der Waals surface area (Å²) in [6.07, 6.45) is 4.67. The van der Waals surface area contributed by atoms with Crippen LogP contribution in [0.25, 0.3) is 0 Å². The Labute approximate surface area is 96.9 Å². The fraction of sp³-hybridized carbons (Fsp3) is 0.429. The van der Waals surface area contributed by atoms with Gasteiger partial charge in [0.05, 0.1) is 26.1 Å². The summed E-state index contributed by atoms with van der Waals surface area (Å²) in [6.45, 7) is 4.34. The molecule has 86 valence electrons. The lowest BCUT2D eigenvalue weighted by Crippen LogP contribution is -2.47. The summed E-state index contributed by atoms with van der Waals surface area (Å²) in [5.41, 5.74) is 1.55. The lowest BCUT2D eigenvalue weighted by molar-refractivity contribution is -0.0706. The number of hydrogen-bond acceptors (Lipinski definition) is 2. The Morgan fingerprint density at radius 3 is 2.62 bits per heavy atom. The molecule has 2 rings (SSSR count). The minimum atomic E-state index is 0.183. The molecule has 0 N–H and O–H groups in total. The molecular formula is C14H18O2. The smallest absolute Gasteiger partial charge is 0.0883 e. The third-order valence-corrected chi connectivity index (χ3v) is 3.07. The predicted octanol–water partition coefficient (Wildman–Crippen LogP) is 2.89. The third kappa shape index (κ3) is 2.27. The van der Waals surface area contributed by atoms with Gasteiger partial charge in [-0.05, 0) is 18.9 Å². The van der Waals surface area contributed by atoms with Crippen LogP contribution in [0.2, 0.25) is 0 Å². The third-order valence-electron chi connectivity index (χ3n) is 3.07. The molecule has 0 bridgehead atoms. The molecule has 0 aromatic heterocycles. The maximum atomic E-state index is 5.40. The van der Waals surface area contributed by atoms with Gasteiger partial charge in [0, 0.05) is 5.41 Å². The van der Waals surface area contributed by atoms with Crippen molar-refractivity contribution in [1.82, 2.24) is 0 Å². The summed E-state index contributed by atoms with van der Waals surface area (Å²) < 4.78 is 10.8. The van der Waals surface area contributed by atoms with Crippen molar-refractivity contribution in [2.24, 2.45) is 0 Å². The van der Waals surface area contributed by atoms with Gasteiger partial charge in [-0.2, -0.15) is 0 Å². The molecule has 1 heterocycles. The molecule has 2 heteroatoms. The number of benzene rings is 1. The first-order chi connectivity index (χ1) is 7.87. The Bertz CT molecular complexity index is 339. The highest BCUT2D eigenvalue weighted by Gasteiger charge is 2.39. The van der Waals surface area contributed by atoms with E-state index in [0.717, 1.165) is 26.2 Å². The highest BCUT2D eigenvalue weighted by Crippen LogP contribution is 2.35. The Hall–Kier alpha value is -1.28. The van der Waals surface area contributed by atoms with Gasteiger partial charge in [0.1, 0.15) is 0 Å². The lowest BCUT2D eigenvalue weighted by atomic mass is 9.76. The van der Waals surface area contributed by atoms with Crippen molar-refractivity contribution in [1.29, 1.82) is 0 Å². The minimum Gasteiger partial charge on any atom is -0.502 e. The molecule has 1 saturated heterocycles. The first-order valence-corrected chi connectivity index (χ1v) is 5.73. The summed E-state index contributed by atoms with van der Waals surface area (Å²) in [5, 5.41) is 0. The monoisotopic (exact) mass is 218 g/mol. The van der Waals surface area contributed by atoms with Crippen LogP contribution in [0.5, 0.6) is 0 Å². The maximum Gasteiger partial charge on any atom is 0.0883 e. The van der Waals surface area contributed by atoms with Gasteiger partial charge in [-0.3, -0.25) is 0 Å². The average Bonchev–Trinajstić information content (AvgIpc) is 2.28. The molecule has 1 fully saturated rings. The summed E-state index contributed by atoms with van der Waals surface area (Å²) in [7, 11) is 0. The SMILES string of the molecule is CC=COCCC1(c2ccccc2)COC1. The van der Waals surface area contributed by atoms with Crippen molar-refractivity contribution in [3.8, 4) is 0 Å². The second kappa shape index (κ2) is 5.17. The summed E-state index contributed by atoms with van der Waals surface area (Å²) >= 11 is 0. The van der Waals surface area contributed by atoms with Crippen molar-refractivity contribution < 1.29 is 9.47 Å². The van der Waals surface area contributed by atoms with Crippen molar-refractivity contribution in [2.75, 3.05) is 19.8 Å². The van der Waals surface area contributed by atoms with E-state index >= 15 is 0 Å². The number of rotatable bonds is 5. The summed E-state index contributed by atoms with van der Waals surface area (Å²) in [6, 6.07) is 10.6. The van der Waals surface area contributed by atoms with Gasteiger partial charge in [0.25, 0.3) is 0 Å². The zero-order valence-corrected chi connectivity index (χ0v) is 9.69. The van der Waals surface area contributed by atoms with Crippen LogP contribution >= 0.6 is 0 Å². The van der Waals surface area contributed by atoms with Gasteiger partial charge in [0.15, 0.2) is 0 Å². The van der Waals surface area contributed by atoms with Crippen molar-refractivity contribution in [2.45, 2.75) is 18.8 Å². The molecule has 1 aromatic rings. The Kier molecular flexibility index (Phi) is 3.62. The zero-order chi connectivity index (χ0) is 11.3. The molecule has 0 unspecified atom stereocenters. The number of ether oxygens (including phenoxy) is 2. The maximum absolute atomic E-state index is 5.40. The van der Waals surface area contributed by atoms with E-state index in [9.17, 15) is 0 Å². The van der Waals surface area contributed by atoms with E-state index < -0.39 is 0 Å². The fourth-order valence-electron chi connectivity index (χ4n) is 2.01.